The van der Waals surface area contributed by atoms with Gasteiger partial charge in [-0.3, -0.25) is 18.7 Å². The van der Waals surface area contributed by atoms with Crippen LogP contribution in [0.15, 0.2) is 9.59 Å². The molecular formula is C15H23N5O3. The van der Waals surface area contributed by atoms with Crippen LogP contribution in [0.5, 0.6) is 0 Å². The van der Waals surface area contributed by atoms with E-state index in [0.717, 1.165) is 6.42 Å². The van der Waals surface area contributed by atoms with E-state index in [4.69, 9.17) is 0 Å². The first-order valence-electron chi connectivity index (χ1n) is 8.00. The van der Waals surface area contributed by atoms with Gasteiger partial charge in [-0.15, -0.1) is 0 Å². The SMILES string of the molecule is CC1CCC(=O)N1CCCn1c(=O)c2c(n(C)c1=O)NCN2C. The number of nitrogens with zero attached hydrogens (tertiary/aromatic N) is 4. The minimum Gasteiger partial charge on any atom is -0.352 e. The summed E-state index contributed by atoms with van der Waals surface area (Å²) in [7, 11) is 3.48. The predicted molar refractivity (Wildman–Crippen MR) is 87.9 cm³/mol. The Balaban J connectivity index is 1.80. The van der Waals surface area contributed by atoms with Crippen LogP contribution in [0.3, 0.4) is 0 Å². The molecular weight excluding hydrogens is 298 g/mol. The molecule has 0 aliphatic carbocycles. The van der Waals surface area contributed by atoms with Crippen LogP contribution < -0.4 is 21.5 Å². The molecule has 1 amide bonds. The monoisotopic (exact) mass is 321 g/mol. The van der Waals surface area contributed by atoms with E-state index in [9.17, 15) is 14.4 Å². The van der Waals surface area contributed by atoms with Crippen LogP contribution in [0.4, 0.5) is 11.5 Å². The first kappa shape index (κ1) is 15.6. The lowest BCUT2D eigenvalue weighted by Gasteiger charge is -2.21. The van der Waals surface area contributed by atoms with Gasteiger partial charge in [0.05, 0.1) is 6.67 Å². The van der Waals surface area contributed by atoms with Crippen molar-refractivity contribution < 1.29 is 4.79 Å². The number of anilines is 2. The van der Waals surface area contributed by atoms with Gasteiger partial charge in [0, 0.05) is 39.6 Å². The summed E-state index contributed by atoms with van der Waals surface area (Å²) in [5.41, 5.74) is -0.0635. The first-order chi connectivity index (χ1) is 10.9. The summed E-state index contributed by atoms with van der Waals surface area (Å²) >= 11 is 0. The van der Waals surface area contributed by atoms with Gasteiger partial charge in [-0.1, -0.05) is 0 Å². The summed E-state index contributed by atoms with van der Waals surface area (Å²) < 4.78 is 2.75. The number of fused-ring (bicyclic) bond motifs is 1. The molecule has 1 aromatic rings. The molecule has 1 unspecified atom stereocenters. The third-order valence-corrected chi connectivity index (χ3v) is 4.80. The Bertz CT molecular complexity index is 751. The second-order valence-corrected chi connectivity index (χ2v) is 6.36. The Morgan fingerprint density at radius 1 is 1.17 bits per heavy atom. The largest absolute Gasteiger partial charge is 0.352 e. The van der Waals surface area contributed by atoms with Crippen LogP contribution in [0, 0.1) is 0 Å². The van der Waals surface area contributed by atoms with Crippen molar-refractivity contribution in [2.45, 2.75) is 38.8 Å². The molecule has 0 radical (unpaired) electrons. The number of carbonyl (C=O) groups excluding carboxylic acids is 1. The minimum atomic E-state index is -0.322. The third kappa shape index (κ3) is 2.51. The van der Waals surface area contributed by atoms with Crippen molar-refractivity contribution in [1.29, 1.82) is 0 Å². The number of amides is 1. The fourth-order valence-electron chi connectivity index (χ4n) is 3.39. The van der Waals surface area contributed by atoms with Crippen molar-refractivity contribution in [3.63, 3.8) is 0 Å². The van der Waals surface area contributed by atoms with E-state index in [1.807, 2.05) is 18.9 Å². The van der Waals surface area contributed by atoms with Crippen molar-refractivity contribution in [3.05, 3.63) is 20.8 Å². The summed E-state index contributed by atoms with van der Waals surface area (Å²) in [4.78, 5) is 40.4. The molecule has 0 saturated carbocycles. The van der Waals surface area contributed by atoms with E-state index in [2.05, 4.69) is 5.32 Å². The lowest BCUT2D eigenvalue weighted by Crippen LogP contribution is -2.41. The third-order valence-electron chi connectivity index (χ3n) is 4.80. The molecule has 1 atom stereocenters. The lowest BCUT2D eigenvalue weighted by molar-refractivity contribution is -0.128. The zero-order valence-corrected chi connectivity index (χ0v) is 13.8. The van der Waals surface area contributed by atoms with Gasteiger partial charge in [-0.05, 0) is 19.8 Å². The van der Waals surface area contributed by atoms with Crippen LogP contribution in [0.25, 0.3) is 0 Å². The smallest absolute Gasteiger partial charge is 0.332 e. The summed E-state index contributed by atoms with van der Waals surface area (Å²) in [5.74, 6) is 0.734. The predicted octanol–water partition coefficient (Wildman–Crippen LogP) is -0.233. The van der Waals surface area contributed by atoms with Crippen LogP contribution in [0.1, 0.15) is 26.2 Å². The molecule has 0 bridgehead atoms. The lowest BCUT2D eigenvalue weighted by atomic mass is 10.2. The first-order valence-corrected chi connectivity index (χ1v) is 8.00. The second kappa shape index (κ2) is 5.75. The topological polar surface area (TPSA) is 79.6 Å². The maximum absolute atomic E-state index is 12.6. The summed E-state index contributed by atoms with van der Waals surface area (Å²) in [5, 5.41) is 3.06. The molecule has 2 aliphatic rings. The molecule has 2 aliphatic heterocycles. The van der Waals surface area contributed by atoms with Crippen LogP contribution in [0.2, 0.25) is 0 Å². The Hall–Kier alpha value is -2.25. The quantitative estimate of drug-likeness (QED) is 0.828. The summed E-state index contributed by atoms with van der Waals surface area (Å²) in [6.45, 7) is 3.46. The van der Waals surface area contributed by atoms with E-state index in [1.54, 1.807) is 11.9 Å². The van der Waals surface area contributed by atoms with E-state index < -0.39 is 0 Å². The van der Waals surface area contributed by atoms with Gasteiger partial charge in [0.1, 0.15) is 11.5 Å². The standard InChI is InChI=1S/C15H23N5O3/c1-10-5-6-11(21)19(10)7-4-8-20-14(22)12-13(16-9-17(12)2)18(3)15(20)23/h10,16H,4-9H2,1-3H3. The Labute approximate surface area is 134 Å². The van der Waals surface area contributed by atoms with Crippen molar-refractivity contribution in [2.75, 3.05) is 30.5 Å². The molecule has 8 nitrogen and oxygen atoms in total. The fourth-order valence-corrected chi connectivity index (χ4v) is 3.39. The second-order valence-electron chi connectivity index (χ2n) is 6.36. The highest BCUT2D eigenvalue weighted by atomic mass is 16.2. The Morgan fingerprint density at radius 2 is 1.91 bits per heavy atom. The molecule has 23 heavy (non-hydrogen) atoms. The van der Waals surface area contributed by atoms with Crippen molar-refractivity contribution in [1.82, 2.24) is 14.0 Å². The van der Waals surface area contributed by atoms with E-state index in [-0.39, 0.29) is 23.2 Å². The average Bonchev–Trinajstić information content (AvgIpc) is 3.05. The van der Waals surface area contributed by atoms with Crippen LogP contribution >= 0.6 is 0 Å². The Kier molecular flexibility index (Phi) is 3.91. The number of hydrogen-bond acceptors (Lipinski definition) is 5. The molecule has 3 rings (SSSR count). The van der Waals surface area contributed by atoms with Gasteiger partial charge >= 0.3 is 5.69 Å². The number of carbonyl (C=O) groups is 1. The van der Waals surface area contributed by atoms with Gasteiger partial charge < -0.3 is 15.1 Å². The van der Waals surface area contributed by atoms with Crippen molar-refractivity contribution in [3.8, 4) is 0 Å². The van der Waals surface area contributed by atoms with Gasteiger partial charge in [0.2, 0.25) is 5.91 Å². The van der Waals surface area contributed by atoms with Gasteiger partial charge in [0.15, 0.2) is 0 Å². The summed E-state index contributed by atoms with van der Waals surface area (Å²) in [6.07, 6.45) is 2.08. The van der Waals surface area contributed by atoms with E-state index in [1.165, 1.54) is 9.13 Å². The fraction of sp³-hybridized carbons (Fsp3) is 0.667. The molecule has 1 saturated heterocycles. The number of likely N-dealkylation sites (tertiary alicyclic amines) is 1. The molecule has 126 valence electrons. The zero-order valence-electron chi connectivity index (χ0n) is 13.8. The highest BCUT2D eigenvalue weighted by Gasteiger charge is 2.28. The number of aromatic nitrogens is 2. The van der Waals surface area contributed by atoms with Gasteiger partial charge in [0.25, 0.3) is 5.56 Å². The zero-order chi connectivity index (χ0) is 16.7. The molecule has 0 aromatic carbocycles. The summed E-state index contributed by atoms with van der Waals surface area (Å²) in [6, 6.07) is 0.248. The molecule has 1 fully saturated rings. The van der Waals surface area contributed by atoms with E-state index >= 15 is 0 Å². The minimum absolute atomic E-state index is 0.163. The van der Waals surface area contributed by atoms with Gasteiger partial charge in [-0.25, -0.2) is 4.79 Å². The molecule has 3 heterocycles. The molecule has 8 heteroatoms. The van der Waals surface area contributed by atoms with Crippen molar-refractivity contribution >= 4 is 17.4 Å². The molecule has 0 spiro atoms. The van der Waals surface area contributed by atoms with Crippen LogP contribution in [-0.2, 0) is 18.4 Å². The number of nitrogens with one attached hydrogen (secondary N) is 1. The number of rotatable bonds is 4. The van der Waals surface area contributed by atoms with Gasteiger partial charge in [-0.2, -0.15) is 0 Å². The maximum atomic E-state index is 12.6. The van der Waals surface area contributed by atoms with Crippen LogP contribution in [-0.4, -0.2) is 46.2 Å². The number of hydrogen-bond donors (Lipinski definition) is 1. The van der Waals surface area contributed by atoms with Crippen molar-refractivity contribution in [2.24, 2.45) is 7.05 Å². The highest BCUT2D eigenvalue weighted by Crippen LogP contribution is 2.23. The highest BCUT2D eigenvalue weighted by molar-refractivity contribution is 5.78. The molecule has 1 aromatic heterocycles. The Morgan fingerprint density at radius 3 is 2.57 bits per heavy atom. The maximum Gasteiger partial charge on any atom is 0.332 e. The van der Waals surface area contributed by atoms with E-state index in [0.29, 0.717) is 44.1 Å². The normalized spacial score (nSPS) is 20.1. The average molecular weight is 321 g/mol. The molecule has 1 N–H and O–H groups in total.